The predicted molar refractivity (Wildman–Crippen MR) is 113 cm³/mol. The average molecular weight is 402 g/mol. The highest BCUT2D eigenvalue weighted by molar-refractivity contribution is 5.85. The first-order chi connectivity index (χ1) is 13.5. The zero-order valence-corrected chi connectivity index (χ0v) is 18.2. The third-order valence-corrected chi connectivity index (χ3v) is 6.00. The number of fused-ring (bicyclic) bond motifs is 1. The Labute approximate surface area is 171 Å². The van der Waals surface area contributed by atoms with E-state index >= 15 is 0 Å². The summed E-state index contributed by atoms with van der Waals surface area (Å²) in [6.07, 6.45) is -0.782. The van der Waals surface area contributed by atoms with Gasteiger partial charge in [-0.25, -0.2) is 14.5 Å². The Hall–Kier alpha value is -2.41. The second kappa shape index (κ2) is 7.44. The van der Waals surface area contributed by atoms with Crippen LogP contribution in [0.5, 0.6) is 0 Å². The van der Waals surface area contributed by atoms with Crippen molar-refractivity contribution in [1.29, 1.82) is 0 Å². The first kappa shape index (κ1) is 21.3. The second-order valence-electron chi connectivity index (χ2n) is 9.27. The molecular weight excluding hydrogens is 370 g/mol. The molecule has 3 rings (SSSR count). The van der Waals surface area contributed by atoms with E-state index in [1.807, 2.05) is 32.9 Å². The zero-order chi connectivity index (χ0) is 21.7. The average Bonchev–Trinajstić information content (AvgIpc) is 3.40. The van der Waals surface area contributed by atoms with Crippen molar-refractivity contribution in [2.24, 2.45) is 11.3 Å². The molecule has 158 valence electrons. The molecular formula is C22H31N3O4. The Morgan fingerprint density at radius 1 is 1.21 bits per heavy atom. The third-order valence-electron chi connectivity index (χ3n) is 6.00. The first-order valence-corrected chi connectivity index (χ1v) is 10.1. The fraction of sp³-hybridized carbons (Fsp3) is 0.591. The van der Waals surface area contributed by atoms with E-state index in [1.165, 1.54) is 11.8 Å². The SMILES string of the molecule is COC(=O)[C@H]1[C@H]([C@@H](O)C(C)C)N1n1c(C(C)C(C)(C)C)nc2ccccc2c1=O. The minimum absolute atomic E-state index is 0.0736. The number of aliphatic hydroxyl groups is 1. The standard InChI is InChI=1S/C22H31N3O4/c1-12(2)18(26)16-17(21(28)29-7)24(16)25-19(13(3)22(4,5)6)23-15-11-9-8-10-14(15)20(25)27/h8-13,16-18,26H,1-7H3/t13?,16-,17-,18+,24?/m1/s1. The van der Waals surface area contributed by atoms with Gasteiger partial charge in [0, 0.05) is 5.92 Å². The maximum absolute atomic E-state index is 13.5. The molecule has 0 spiro atoms. The first-order valence-electron chi connectivity index (χ1n) is 10.1. The van der Waals surface area contributed by atoms with E-state index < -0.39 is 24.2 Å². The Morgan fingerprint density at radius 3 is 2.38 bits per heavy atom. The molecule has 1 aromatic heterocycles. The van der Waals surface area contributed by atoms with Gasteiger partial charge in [-0.1, -0.05) is 53.7 Å². The Balaban J connectivity index is 2.25. The molecule has 1 saturated heterocycles. The van der Waals surface area contributed by atoms with Crippen LogP contribution in [0.4, 0.5) is 0 Å². The lowest BCUT2D eigenvalue weighted by atomic mass is 9.81. The number of esters is 1. The van der Waals surface area contributed by atoms with Gasteiger partial charge in [-0.05, 0) is 23.5 Å². The summed E-state index contributed by atoms with van der Waals surface area (Å²) in [6.45, 7) is 12.1. The van der Waals surface area contributed by atoms with E-state index in [4.69, 9.17) is 9.72 Å². The molecule has 0 amide bonds. The fourth-order valence-corrected chi connectivity index (χ4v) is 3.63. The van der Waals surface area contributed by atoms with Crippen LogP contribution in [-0.2, 0) is 9.53 Å². The summed E-state index contributed by atoms with van der Waals surface area (Å²) in [5, 5.41) is 12.8. The van der Waals surface area contributed by atoms with Gasteiger partial charge in [-0.3, -0.25) is 9.80 Å². The molecule has 4 atom stereocenters. The quantitative estimate of drug-likeness (QED) is 0.612. The smallest absolute Gasteiger partial charge is 0.332 e. The Kier molecular flexibility index (Phi) is 5.47. The Morgan fingerprint density at radius 2 is 1.83 bits per heavy atom. The van der Waals surface area contributed by atoms with Crippen molar-refractivity contribution >= 4 is 16.9 Å². The highest BCUT2D eigenvalue weighted by atomic mass is 16.5. The highest BCUT2D eigenvalue weighted by Crippen LogP contribution is 2.38. The van der Waals surface area contributed by atoms with Crippen LogP contribution in [0.1, 0.15) is 53.3 Å². The molecule has 2 heterocycles. The lowest BCUT2D eigenvalue weighted by molar-refractivity contribution is -0.140. The van der Waals surface area contributed by atoms with Crippen molar-refractivity contribution in [1.82, 2.24) is 9.66 Å². The van der Waals surface area contributed by atoms with Crippen LogP contribution in [0.15, 0.2) is 29.1 Å². The van der Waals surface area contributed by atoms with Gasteiger partial charge < -0.3 is 9.84 Å². The number of hydrogen-bond acceptors (Lipinski definition) is 6. The van der Waals surface area contributed by atoms with Gasteiger partial charge in [-0.2, -0.15) is 0 Å². The van der Waals surface area contributed by atoms with Gasteiger partial charge in [0.1, 0.15) is 11.9 Å². The third kappa shape index (κ3) is 3.64. The van der Waals surface area contributed by atoms with Crippen LogP contribution in [-0.4, -0.2) is 46.0 Å². The maximum atomic E-state index is 13.5. The van der Waals surface area contributed by atoms with Crippen LogP contribution >= 0.6 is 0 Å². The van der Waals surface area contributed by atoms with Crippen molar-refractivity contribution < 1.29 is 14.6 Å². The molecule has 1 fully saturated rings. The minimum Gasteiger partial charge on any atom is -0.467 e. The number of rotatable bonds is 5. The van der Waals surface area contributed by atoms with Crippen LogP contribution in [0.25, 0.3) is 10.9 Å². The molecule has 7 nitrogen and oxygen atoms in total. The molecule has 0 bridgehead atoms. The summed E-state index contributed by atoms with van der Waals surface area (Å²) >= 11 is 0. The van der Waals surface area contributed by atoms with Crippen LogP contribution in [0, 0.1) is 11.3 Å². The number of carbonyl (C=O) groups is 1. The van der Waals surface area contributed by atoms with Gasteiger partial charge in [0.05, 0.1) is 24.1 Å². The van der Waals surface area contributed by atoms with E-state index in [-0.39, 0.29) is 22.8 Å². The number of nitrogens with zero attached hydrogens (tertiary/aromatic N) is 3. The summed E-state index contributed by atoms with van der Waals surface area (Å²) in [5.41, 5.74) is 0.221. The fourth-order valence-electron chi connectivity index (χ4n) is 3.63. The number of aliphatic hydroxyl groups excluding tert-OH is 1. The molecule has 1 aromatic carbocycles. The second-order valence-corrected chi connectivity index (χ2v) is 9.27. The molecule has 29 heavy (non-hydrogen) atoms. The number of carbonyl (C=O) groups excluding carboxylic acids is 1. The van der Waals surface area contributed by atoms with Crippen LogP contribution in [0.3, 0.4) is 0 Å². The normalized spacial score (nSPS) is 21.3. The highest BCUT2D eigenvalue weighted by Gasteiger charge is 2.59. The topological polar surface area (TPSA) is 84.4 Å². The summed E-state index contributed by atoms with van der Waals surface area (Å²) in [6, 6.07) is 5.95. The molecule has 1 unspecified atom stereocenters. The van der Waals surface area contributed by atoms with E-state index in [9.17, 15) is 14.7 Å². The Bertz CT molecular complexity index is 976. The van der Waals surface area contributed by atoms with Crippen molar-refractivity contribution in [2.75, 3.05) is 12.1 Å². The summed E-state index contributed by atoms with van der Waals surface area (Å²) < 4.78 is 6.45. The number of benzene rings is 1. The number of methoxy groups -OCH3 is 1. The predicted octanol–water partition coefficient (Wildman–Crippen LogP) is 2.42. The number of aromatic nitrogens is 2. The van der Waals surface area contributed by atoms with E-state index in [0.29, 0.717) is 16.7 Å². The van der Waals surface area contributed by atoms with E-state index in [0.717, 1.165) is 0 Å². The molecule has 0 saturated carbocycles. The summed E-state index contributed by atoms with van der Waals surface area (Å²) in [5.74, 6) is -0.0435. The molecule has 1 aliphatic heterocycles. The van der Waals surface area contributed by atoms with Crippen molar-refractivity contribution in [3.05, 3.63) is 40.4 Å². The lowest BCUT2D eigenvalue weighted by Crippen LogP contribution is -2.39. The number of para-hydroxylation sites is 1. The van der Waals surface area contributed by atoms with Gasteiger partial charge >= 0.3 is 5.97 Å². The van der Waals surface area contributed by atoms with Crippen molar-refractivity contribution in [3.63, 3.8) is 0 Å². The molecule has 7 heteroatoms. The van der Waals surface area contributed by atoms with Crippen molar-refractivity contribution in [2.45, 2.75) is 65.6 Å². The zero-order valence-electron chi connectivity index (χ0n) is 18.2. The molecule has 1 aliphatic rings. The minimum atomic E-state index is -0.782. The summed E-state index contributed by atoms with van der Waals surface area (Å²) in [4.78, 5) is 30.8. The van der Waals surface area contributed by atoms with E-state index in [1.54, 1.807) is 17.1 Å². The van der Waals surface area contributed by atoms with E-state index in [2.05, 4.69) is 20.8 Å². The van der Waals surface area contributed by atoms with Crippen molar-refractivity contribution in [3.8, 4) is 0 Å². The monoisotopic (exact) mass is 401 g/mol. The van der Waals surface area contributed by atoms with Gasteiger partial charge in [0.2, 0.25) is 0 Å². The largest absolute Gasteiger partial charge is 0.467 e. The number of ether oxygens (including phenoxy) is 1. The molecule has 1 N–H and O–H groups in total. The molecule has 0 aliphatic carbocycles. The number of hydrogen-bond donors (Lipinski definition) is 1. The van der Waals surface area contributed by atoms with Crippen LogP contribution in [0.2, 0.25) is 0 Å². The summed E-state index contributed by atoms with van der Waals surface area (Å²) in [7, 11) is 1.32. The van der Waals surface area contributed by atoms with Gasteiger partial charge in [0.15, 0.2) is 6.04 Å². The molecule has 2 aromatic rings. The van der Waals surface area contributed by atoms with Crippen LogP contribution < -0.4 is 10.6 Å². The van der Waals surface area contributed by atoms with Gasteiger partial charge in [-0.15, -0.1) is 0 Å². The lowest BCUT2D eigenvalue weighted by Gasteiger charge is -2.29. The molecule has 0 radical (unpaired) electrons. The maximum Gasteiger partial charge on any atom is 0.332 e. The van der Waals surface area contributed by atoms with Gasteiger partial charge in [0.25, 0.3) is 5.56 Å².